The number of benzene rings is 3. The minimum absolute atomic E-state index is 0.0633. The van der Waals surface area contributed by atoms with Crippen molar-refractivity contribution < 1.29 is 26.0 Å². The third kappa shape index (κ3) is 6.77. The fourth-order valence-corrected chi connectivity index (χ4v) is 6.87. The van der Waals surface area contributed by atoms with Crippen molar-refractivity contribution in [2.75, 3.05) is 23.1 Å². The van der Waals surface area contributed by atoms with E-state index in [9.17, 15) is 26.0 Å². The van der Waals surface area contributed by atoms with Crippen LogP contribution in [0.15, 0.2) is 71.6 Å². The largest absolute Gasteiger partial charge is 0.326 e. The molecule has 0 bridgehead atoms. The van der Waals surface area contributed by atoms with E-state index in [2.05, 4.69) is 10.0 Å². The molecule has 1 aliphatic heterocycles. The smallest absolute Gasteiger partial charge is 0.261 e. The van der Waals surface area contributed by atoms with Crippen LogP contribution in [0.2, 0.25) is 0 Å². The number of nitrogens with one attached hydrogen (secondary N) is 2. The van der Waals surface area contributed by atoms with E-state index in [0.717, 1.165) is 11.1 Å². The Bertz CT molecular complexity index is 1520. The normalized spacial score (nSPS) is 15.2. The van der Waals surface area contributed by atoms with E-state index in [1.54, 1.807) is 12.1 Å². The molecule has 11 heteroatoms. The number of rotatable bonds is 8. The van der Waals surface area contributed by atoms with Gasteiger partial charge in [0.05, 0.1) is 10.6 Å². The molecule has 2 N–H and O–H groups in total. The summed E-state index contributed by atoms with van der Waals surface area (Å²) in [6, 6.07) is 16.5. The van der Waals surface area contributed by atoms with E-state index in [1.807, 2.05) is 19.9 Å². The Morgan fingerprint density at radius 2 is 1.47 bits per heavy atom. The average Bonchev–Trinajstić information content (AvgIpc) is 2.88. The van der Waals surface area contributed by atoms with Crippen LogP contribution in [0.4, 0.5) is 15.8 Å². The van der Waals surface area contributed by atoms with Gasteiger partial charge in [-0.1, -0.05) is 18.2 Å². The van der Waals surface area contributed by atoms with Crippen LogP contribution in [-0.4, -0.2) is 40.1 Å². The van der Waals surface area contributed by atoms with Crippen molar-refractivity contribution >= 4 is 37.3 Å². The Hall–Kier alpha value is -3.28. The molecule has 3 aromatic carbocycles. The number of aryl methyl sites for hydroxylation is 2. The third-order valence-electron chi connectivity index (χ3n) is 6.67. The number of piperidine rings is 1. The SMILES string of the molecule is Cc1ccc(NS(=O)(=O)c2ccc(NC(=O)C3CCN(S(=O)(=O)Cc4ccc(F)cc4)CC3)cc2)cc1C. The lowest BCUT2D eigenvalue weighted by molar-refractivity contribution is -0.120. The lowest BCUT2D eigenvalue weighted by atomic mass is 9.97. The molecule has 1 saturated heterocycles. The van der Waals surface area contributed by atoms with E-state index >= 15 is 0 Å². The maximum Gasteiger partial charge on any atom is 0.261 e. The second-order valence-corrected chi connectivity index (χ2v) is 13.1. The van der Waals surface area contributed by atoms with Crippen LogP contribution in [0, 0.1) is 25.6 Å². The molecule has 202 valence electrons. The molecule has 3 aromatic rings. The Morgan fingerprint density at radius 1 is 0.868 bits per heavy atom. The van der Waals surface area contributed by atoms with Crippen LogP contribution in [0.1, 0.15) is 29.5 Å². The first-order valence-corrected chi connectivity index (χ1v) is 15.3. The number of anilines is 2. The highest BCUT2D eigenvalue weighted by atomic mass is 32.2. The summed E-state index contributed by atoms with van der Waals surface area (Å²) in [6.45, 7) is 4.27. The van der Waals surface area contributed by atoms with Crippen molar-refractivity contribution in [2.24, 2.45) is 5.92 Å². The van der Waals surface area contributed by atoms with Crippen molar-refractivity contribution in [3.8, 4) is 0 Å². The molecule has 1 aliphatic rings. The van der Waals surface area contributed by atoms with Gasteiger partial charge in [-0.25, -0.2) is 25.5 Å². The van der Waals surface area contributed by atoms with Gasteiger partial charge in [-0.05, 0) is 91.9 Å². The third-order valence-corrected chi connectivity index (χ3v) is 9.92. The molecule has 0 unspecified atom stereocenters. The van der Waals surface area contributed by atoms with Crippen molar-refractivity contribution in [3.05, 3.63) is 89.2 Å². The summed E-state index contributed by atoms with van der Waals surface area (Å²) in [4.78, 5) is 12.8. The first kappa shape index (κ1) is 27.7. The Labute approximate surface area is 223 Å². The molecule has 4 rings (SSSR count). The predicted molar refractivity (Wildman–Crippen MR) is 145 cm³/mol. The summed E-state index contributed by atoms with van der Waals surface area (Å²) in [7, 11) is -7.38. The first-order valence-electron chi connectivity index (χ1n) is 12.2. The maximum absolute atomic E-state index is 13.1. The number of nitrogens with zero attached hydrogens (tertiary/aromatic N) is 1. The predicted octanol–water partition coefficient (Wildman–Crippen LogP) is 4.42. The number of sulfonamides is 2. The molecule has 0 spiro atoms. The van der Waals surface area contributed by atoms with Gasteiger partial charge < -0.3 is 5.32 Å². The van der Waals surface area contributed by atoms with Crippen LogP contribution in [0.3, 0.4) is 0 Å². The Morgan fingerprint density at radius 3 is 2.08 bits per heavy atom. The van der Waals surface area contributed by atoms with Gasteiger partial charge in [-0.15, -0.1) is 0 Å². The van der Waals surface area contributed by atoms with Crippen LogP contribution in [-0.2, 0) is 30.6 Å². The fourth-order valence-electron chi connectivity index (χ4n) is 4.26. The molecule has 8 nitrogen and oxygen atoms in total. The highest BCUT2D eigenvalue weighted by Gasteiger charge is 2.31. The molecule has 0 saturated carbocycles. The van der Waals surface area contributed by atoms with E-state index in [4.69, 9.17) is 0 Å². The summed E-state index contributed by atoms with van der Waals surface area (Å²) in [5.41, 5.74) is 3.45. The summed E-state index contributed by atoms with van der Waals surface area (Å²) < 4.78 is 68.0. The van der Waals surface area contributed by atoms with Gasteiger partial charge in [0.2, 0.25) is 15.9 Å². The molecule has 1 heterocycles. The Balaban J connectivity index is 1.31. The molecule has 1 amide bonds. The zero-order chi connectivity index (χ0) is 27.5. The number of carbonyl (C=O) groups is 1. The van der Waals surface area contributed by atoms with Crippen LogP contribution in [0.5, 0.6) is 0 Å². The molecule has 0 atom stereocenters. The standard InChI is InChI=1S/C27H30FN3O5S2/c1-19-3-8-25(17-20(19)2)30-38(35,36)26-11-9-24(10-12-26)29-27(32)22-13-15-31(16-14-22)37(33,34)18-21-4-6-23(28)7-5-21/h3-12,17,22,30H,13-16,18H2,1-2H3,(H,29,32). The van der Waals surface area contributed by atoms with Crippen LogP contribution < -0.4 is 10.0 Å². The number of amides is 1. The first-order chi connectivity index (χ1) is 17.9. The quantitative estimate of drug-likeness (QED) is 0.424. The van der Waals surface area contributed by atoms with Gasteiger partial charge in [0.1, 0.15) is 5.82 Å². The van der Waals surface area contributed by atoms with Crippen molar-refractivity contribution in [3.63, 3.8) is 0 Å². The maximum atomic E-state index is 13.1. The minimum Gasteiger partial charge on any atom is -0.326 e. The lowest BCUT2D eigenvalue weighted by Crippen LogP contribution is -2.41. The number of hydrogen-bond donors (Lipinski definition) is 2. The Kier molecular flexibility index (Phi) is 8.19. The van der Waals surface area contributed by atoms with Gasteiger partial charge >= 0.3 is 0 Å². The second-order valence-electron chi connectivity index (χ2n) is 9.47. The van der Waals surface area contributed by atoms with Crippen molar-refractivity contribution in [1.29, 1.82) is 0 Å². The molecular formula is C27H30FN3O5S2. The zero-order valence-corrected chi connectivity index (χ0v) is 22.8. The zero-order valence-electron chi connectivity index (χ0n) is 21.1. The number of carbonyl (C=O) groups excluding carboxylic acids is 1. The van der Waals surface area contributed by atoms with Crippen molar-refractivity contribution in [2.45, 2.75) is 37.3 Å². The van der Waals surface area contributed by atoms with Crippen LogP contribution >= 0.6 is 0 Å². The second kappa shape index (κ2) is 11.2. The van der Waals surface area contributed by atoms with Crippen molar-refractivity contribution in [1.82, 2.24) is 4.31 Å². The van der Waals surface area contributed by atoms with E-state index in [1.165, 1.54) is 52.8 Å². The molecule has 1 fully saturated rings. The molecule has 0 aliphatic carbocycles. The summed E-state index contributed by atoms with van der Waals surface area (Å²) in [6.07, 6.45) is 0.724. The summed E-state index contributed by atoms with van der Waals surface area (Å²) in [5, 5.41) is 2.79. The number of halogens is 1. The monoisotopic (exact) mass is 559 g/mol. The van der Waals surface area contributed by atoms with Gasteiger partial charge in [-0.2, -0.15) is 0 Å². The lowest BCUT2D eigenvalue weighted by Gasteiger charge is -2.30. The highest BCUT2D eigenvalue weighted by Crippen LogP contribution is 2.24. The molecule has 0 radical (unpaired) electrons. The fraction of sp³-hybridized carbons (Fsp3) is 0.296. The van der Waals surface area contributed by atoms with Gasteiger partial charge in [0.15, 0.2) is 0 Å². The summed E-state index contributed by atoms with van der Waals surface area (Å²) >= 11 is 0. The molecular weight excluding hydrogens is 529 g/mol. The van der Waals surface area contributed by atoms with E-state index in [-0.39, 0.29) is 35.6 Å². The molecule has 0 aromatic heterocycles. The minimum atomic E-state index is -3.80. The number of hydrogen-bond acceptors (Lipinski definition) is 5. The van der Waals surface area contributed by atoms with Gasteiger partial charge in [0, 0.05) is 30.4 Å². The van der Waals surface area contributed by atoms with E-state index < -0.39 is 25.9 Å². The molecule has 38 heavy (non-hydrogen) atoms. The summed E-state index contributed by atoms with van der Waals surface area (Å²) in [5.74, 6) is -1.27. The average molecular weight is 560 g/mol. The van der Waals surface area contributed by atoms with Gasteiger partial charge in [0.25, 0.3) is 10.0 Å². The van der Waals surface area contributed by atoms with Gasteiger partial charge in [-0.3, -0.25) is 9.52 Å². The van der Waals surface area contributed by atoms with E-state index in [0.29, 0.717) is 29.8 Å². The van der Waals surface area contributed by atoms with Crippen LogP contribution in [0.25, 0.3) is 0 Å². The topological polar surface area (TPSA) is 113 Å². The highest BCUT2D eigenvalue weighted by molar-refractivity contribution is 7.92.